The largest absolute Gasteiger partial charge is 0.617 e. The Labute approximate surface area is 126 Å². The minimum Gasteiger partial charge on any atom is -0.617 e. The summed E-state index contributed by atoms with van der Waals surface area (Å²) in [5.74, 6) is 0.817. The molecular formula is C16H13NOS2. The fourth-order valence-corrected chi connectivity index (χ4v) is 3.84. The van der Waals surface area contributed by atoms with Gasteiger partial charge in [-0.25, -0.2) is 0 Å². The highest BCUT2D eigenvalue weighted by molar-refractivity contribution is 8.00. The lowest BCUT2D eigenvalue weighted by molar-refractivity contribution is -0.626. The van der Waals surface area contributed by atoms with Crippen molar-refractivity contribution in [1.29, 1.82) is 0 Å². The number of rotatable bonds is 4. The van der Waals surface area contributed by atoms with Gasteiger partial charge in [0.2, 0.25) is 5.69 Å². The Kier molecular flexibility index (Phi) is 4.04. The van der Waals surface area contributed by atoms with Crippen molar-refractivity contribution in [3.8, 4) is 11.3 Å². The molecule has 0 N–H and O–H groups in total. The zero-order valence-corrected chi connectivity index (χ0v) is 12.4. The second-order valence-corrected chi connectivity index (χ2v) is 6.40. The fourth-order valence-electron chi connectivity index (χ4n) is 1.91. The van der Waals surface area contributed by atoms with Gasteiger partial charge >= 0.3 is 4.34 Å². The van der Waals surface area contributed by atoms with Crippen molar-refractivity contribution >= 4 is 23.1 Å². The van der Waals surface area contributed by atoms with Crippen molar-refractivity contribution in [2.24, 2.45) is 0 Å². The highest BCUT2D eigenvalue weighted by Crippen LogP contribution is 2.28. The van der Waals surface area contributed by atoms with Crippen molar-refractivity contribution in [2.75, 3.05) is 0 Å². The van der Waals surface area contributed by atoms with E-state index in [1.807, 2.05) is 53.9 Å². The molecule has 1 heterocycles. The lowest BCUT2D eigenvalue weighted by Crippen LogP contribution is -2.28. The van der Waals surface area contributed by atoms with Gasteiger partial charge in [-0.1, -0.05) is 59.9 Å². The van der Waals surface area contributed by atoms with Gasteiger partial charge in [0.25, 0.3) is 0 Å². The molecule has 2 nitrogen and oxygen atoms in total. The Bertz CT molecular complexity index is 680. The number of hydrogen-bond acceptors (Lipinski definition) is 3. The number of benzene rings is 2. The first-order valence-electron chi connectivity index (χ1n) is 6.28. The van der Waals surface area contributed by atoms with Gasteiger partial charge in [-0.2, -0.15) is 0 Å². The summed E-state index contributed by atoms with van der Waals surface area (Å²) in [5, 5.41) is 14.2. The second kappa shape index (κ2) is 6.11. The molecule has 0 bridgehead atoms. The molecule has 0 aliphatic rings. The van der Waals surface area contributed by atoms with E-state index in [0.717, 1.165) is 26.1 Å². The van der Waals surface area contributed by atoms with Crippen LogP contribution in [0.1, 0.15) is 5.56 Å². The van der Waals surface area contributed by atoms with Crippen LogP contribution in [0.25, 0.3) is 11.3 Å². The molecule has 4 heteroatoms. The molecule has 0 aliphatic carbocycles. The van der Waals surface area contributed by atoms with E-state index >= 15 is 0 Å². The molecule has 0 radical (unpaired) electrons. The molecule has 1 aromatic heterocycles. The first-order chi connectivity index (χ1) is 9.84. The van der Waals surface area contributed by atoms with Crippen LogP contribution < -0.4 is 4.73 Å². The molecule has 0 amide bonds. The minimum absolute atomic E-state index is 0.728. The summed E-state index contributed by atoms with van der Waals surface area (Å²) < 4.78 is 1.82. The molecular weight excluding hydrogens is 286 g/mol. The second-order valence-electron chi connectivity index (χ2n) is 4.32. The molecule has 20 heavy (non-hydrogen) atoms. The monoisotopic (exact) mass is 299 g/mol. The third-order valence-electron chi connectivity index (χ3n) is 2.93. The number of hydrogen-bond donors (Lipinski definition) is 0. The molecule has 0 unspecified atom stereocenters. The normalized spacial score (nSPS) is 10.6. The van der Waals surface area contributed by atoms with Gasteiger partial charge in [0, 0.05) is 11.3 Å². The number of thioether (sulfide) groups is 1. The minimum atomic E-state index is 0.728. The average Bonchev–Trinajstić information content (AvgIpc) is 2.88. The van der Waals surface area contributed by atoms with Gasteiger partial charge in [0.15, 0.2) is 0 Å². The van der Waals surface area contributed by atoms with Crippen LogP contribution in [-0.2, 0) is 5.75 Å². The van der Waals surface area contributed by atoms with E-state index < -0.39 is 0 Å². The Morgan fingerprint density at radius 3 is 2.30 bits per heavy atom. The third kappa shape index (κ3) is 2.86. The molecule has 0 atom stereocenters. The van der Waals surface area contributed by atoms with Crippen LogP contribution in [0, 0.1) is 5.21 Å². The molecule has 0 saturated heterocycles. The quantitative estimate of drug-likeness (QED) is 0.407. The summed E-state index contributed by atoms with van der Waals surface area (Å²) >= 11 is 3.09. The Morgan fingerprint density at radius 2 is 1.60 bits per heavy atom. The van der Waals surface area contributed by atoms with Gasteiger partial charge in [0.05, 0.1) is 5.38 Å². The van der Waals surface area contributed by atoms with Crippen molar-refractivity contribution in [3.63, 3.8) is 0 Å². The Morgan fingerprint density at radius 1 is 0.950 bits per heavy atom. The lowest BCUT2D eigenvalue weighted by Gasteiger charge is -2.02. The molecule has 2 aromatic carbocycles. The highest BCUT2D eigenvalue weighted by atomic mass is 32.2. The summed E-state index contributed by atoms with van der Waals surface area (Å²) in [6, 6.07) is 20.0. The van der Waals surface area contributed by atoms with E-state index in [9.17, 15) is 5.21 Å². The van der Waals surface area contributed by atoms with E-state index in [-0.39, 0.29) is 0 Å². The van der Waals surface area contributed by atoms with Crippen molar-refractivity contribution in [2.45, 2.75) is 10.1 Å². The van der Waals surface area contributed by atoms with Gasteiger partial charge in [-0.15, -0.1) is 4.73 Å². The highest BCUT2D eigenvalue weighted by Gasteiger charge is 2.17. The zero-order valence-electron chi connectivity index (χ0n) is 10.7. The summed E-state index contributed by atoms with van der Waals surface area (Å²) in [4.78, 5) is 0. The van der Waals surface area contributed by atoms with Crippen LogP contribution in [0.5, 0.6) is 0 Å². The van der Waals surface area contributed by atoms with E-state index in [4.69, 9.17) is 0 Å². The van der Waals surface area contributed by atoms with Gasteiger partial charge in [-0.05, 0) is 29.5 Å². The SMILES string of the molecule is [O-][n+]1c(-c2ccccc2)csc1SCc1ccccc1. The summed E-state index contributed by atoms with van der Waals surface area (Å²) in [5.41, 5.74) is 2.92. The smallest absolute Gasteiger partial charge is 0.309 e. The van der Waals surface area contributed by atoms with Gasteiger partial charge in [-0.3, -0.25) is 0 Å². The summed E-state index contributed by atoms with van der Waals surface area (Å²) in [6.07, 6.45) is 0. The van der Waals surface area contributed by atoms with Gasteiger partial charge in [0.1, 0.15) is 0 Å². The lowest BCUT2D eigenvalue weighted by atomic mass is 10.2. The Hall–Kier alpha value is -1.78. The van der Waals surface area contributed by atoms with Crippen LogP contribution in [0.15, 0.2) is 70.4 Å². The number of nitrogens with zero attached hydrogens (tertiary/aromatic N) is 1. The predicted molar refractivity (Wildman–Crippen MR) is 84.7 cm³/mol. The van der Waals surface area contributed by atoms with E-state index in [1.165, 1.54) is 16.9 Å². The van der Waals surface area contributed by atoms with E-state index in [1.54, 1.807) is 11.8 Å². The number of thiazole rings is 1. The summed E-state index contributed by atoms with van der Waals surface area (Å²) in [7, 11) is 0. The van der Waals surface area contributed by atoms with Crippen molar-refractivity contribution in [1.82, 2.24) is 0 Å². The van der Waals surface area contributed by atoms with E-state index in [2.05, 4.69) is 12.1 Å². The maximum atomic E-state index is 12.3. The molecule has 0 spiro atoms. The van der Waals surface area contributed by atoms with Crippen molar-refractivity contribution in [3.05, 3.63) is 76.8 Å². The van der Waals surface area contributed by atoms with Crippen molar-refractivity contribution < 1.29 is 4.73 Å². The molecule has 0 fully saturated rings. The fraction of sp³-hybridized carbons (Fsp3) is 0.0625. The topological polar surface area (TPSA) is 26.9 Å². The zero-order chi connectivity index (χ0) is 13.8. The maximum absolute atomic E-state index is 12.3. The summed E-state index contributed by atoms with van der Waals surface area (Å²) in [6.45, 7) is 0. The van der Waals surface area contributed by atoms with E-state index in [0.29, 0.717) is 0 Å². The molecule has 0 saturated carbocycles. The van der Waals surface area contributed by atoms with Crippen LogP contribution in [0.2, 0.25) is 0 Å². The Balaban J connectivity index is 1.78. The van der Waals surface area contributed by atoms with Crippen LogP contribution in [0.3, 0.4) is 0 Å². The maximum Gasteiger partial charge on any atom is 0.309 e. The van der Waals surface area contributed by atoms with Crippen LogP contribution in [-0.4, -0.2) is 0 Å². The molecule has 3 rings (SSSR count). The van der Waals surface area contributed by atoms with Crippen LogP contribution in [0.4, 0.5) is 0 Å². The first-order valence-corrected chi connectivity index (χ1v) is 8.14. The molecule has 0 aliphatic heterocycles. The number of aromatic nitrogens is 1. The first kappa shape index (κ1) is 13.2. The standard InChI is InChI=1S/C16H13NOS2/c18-17-15(14-9-5-2-6-10-14)12-20-16(17)19-11-13-7-3-1-4-8-13/h1-10,12H,11H2. The predicted octanol–water partition coefficient (Wildman–Crippen LogP) is 4.34. The van der Waals surface area contributed by atoms with Crippen LogP contribution >= 0.6 is 23.1 Å². The molecule has 3 aromatic rings. The molecule has 100 valence electrons. The van der Waals surface area contributed by atoms with Gasteiger partial charge < -0.3 is 5.21 Å². The average molecular weight is 299 g/mol. The third-order valence-corrected chi connectivity index (χ3v) is 5.17.